The number of nitrogens with zero attached hydrogens (tertiary/aromatic N) is 3. The molecule has 0 aromatic heterocycles. The van der Waals surface area contributed by atoms with Gasteiger partial charge in [0.05, 0.1) is 6.54 Å². The molecule has 4 heteroatoms. The number of likely N-dealkylation sites (tertiary alicyclic amines) is 2. The second kappa shape index (κ2) is 8.74. The van der Waals surface area contributed by atoms with Gasteiger partial charge in [0.1, 0.15) is 0 Å². The largest absolute Gasteiger partial charge is 0.342 e. The van der Waals surface area contributed by atoms with Crippen LogP contribution in [-0.4, -0.2) is 72.5 Å². The van der Waals surface area contributed by atoms with Crippen molar-refractivity contribution in [1.29, 1.82) is 0 Å². The summed E-state index contributed by atoms with van der Waals surface area (Å²) in [5.74, 6) is 0.302. The van der Waals surface area contributed by atoms with Crippen molar-refractivity contribution < 1.29 is 4.79 Å². The molecular formula is C17H33N3O. The first-order chi connectivity index (χ1) is 10.2. The van der Waals surface area contributed by atoms with Gasteiger partial charge >= 0.3 is 0 Å². The van der Waals surface area contributed by atoms with Crippen LogP contribution in [0, 0.1) is 0 Å². The molecule has 122 valence electrons. The van der Waals surface area contributed by atoms with Gasteiger partial charge in [-0.2, -0.15) is 0 Å². The highest BCUT2D eigenvalue weighted by atomic mass is 16.2. The van der Waals surface area contributed by atoms with Gasteiger partial charge < -0.3 is 4.90 Å². The van der Waals surface area contributed by atoms with Crippen LogP contribution >= 0.6 is 0 Å². The number of piperidine rings is 1. The van der Waals surface area contributed by atoms with Crippen molar-refractivity contribution in [3.8, 4) is 0 Å². The quantitative estimate of drug-likeness (QED) is 0.778. The third kappa shape index (κ3) is 4.96. The van der Waals surface area contributed by atoms with Gasteiger partial charge in [0.25, 0.3) is 0 Å². The van der Waals surface area contributed by atoms with Crippen molar-refractivity contribution in [2.75, 3.05) is 45.8 Å². The molecule has 4 nitrogen and oxygen atoms in total. The molecule has 0 aromatic rings. The Kier molecular flexibility index (Phi) is 6.97. The molecule has 2 aliphatic heterocycles. The van der Waals surface area contributed by atoms with E-state index in [0.717, 1.165) is 26.2 Å². The molecule has 2 heterocycles. The number of hydrogen-bond acceptors (Lipinski definition) is 3. The maximum absolute atomic E-state index is 12.3. The highest BCUT2D eigenvalue weighted by Gasteiger charge is 2.27. The summed E-state index contributed by atoms with van der Waals surface area (Å²) in [5, 5.41) is 0. The Morgan fingerprint density at radius 2 is 1.67 bits per heavy atom. The number of rotatable bonds is 5. The summed E-state index contributed by atoms with van der Waals surface area (Å²) >= 11 is 0. The summed E-state index contributed by atoms with van der Waals surface area (Å²) in [7, 11) is 0. The van der Waals surface area contributed by atoms with Gasteiger partial charge in [0.15, 0.2) is 0 Å². The fourth-order valence-electron chi connectivity index (χ4n) is 3.80. The maximum Gasteiger partial charge on any atom is 0.236 e. The normalized spacial score (nSPS) is 25.5. The highest BCUT2D eigenvalue weighted by molar-refractivity contribution is 5.78. The molecule has 1 amide bonds. The monoisotopic (exact) mass is 295 g/mol. The van der Waals surface area contributed by atoms with Crippen molar-refractivity contribution in [1.82, 2.24) is 14.7 Å². The maximum atomic E-state index is 12.3. The molecule has 0 saturated carbocycles. The van der Waals surface area contributed by atoms with E-state index in [4.69, 9.17) is 0 Å². The first-order valence-electron chi connectivity index (χ1n) is 8.98. The van der Waals surface area contributed by atoms with Crippen LogP contribution in [0.4, 0.5) is 0 Å². The predicted octanol–water partition coefficient (Wildman–Crippen LogP) is 2.20. The molecule has 0 spiro atoms. The van der Waals surface area contributed by atoms with Crippen molar-refractivity contribution in [3.63, 3.8) is 0 Å². The van der Waals surface area contributed by atoms with Crippen LogP contribution in [0.1, 0.15) is 52.4 Å². The topological polar surface area (TPSA) is 26.8 Å². The van der Waals surface area contributed by atoms with Gasteiger partial charge in [-0.15, -0.1) is 0 Å². The van der Waals surface area contributed by atoms with Crippen molar-refractivity contribution >= 4 is 5.91 Å². The minimum absolute atomic E-state index is 0.302. The summed E-state index contributed by atoms with van der Waals surface area (Å²) in [6.07, 6.45) is 8.06. The van der Waals surface area contributed by atoms with Crippen molar-refractivity contribution in [2.24, 2.45) is 0 Å². The molecule has 2 fully saturated rings. The molecule has 1 unspecified atom stereocenters. The first kappa shape index (κ1) is 16.8. The Labute approximate surface area is 130 Å². The number of likely N-dealkylation sites (N-methyl/N-ethyl adjacent to an activating group) is 1. The third-order valence-electron chi connectivity index (χ3n) is 5.11. The number of carbonyl (C=O) groups excluding carboxylic acids is 1. The Morgan fingerprint density at radius 1 is 1.00 bits per heavy atom. The zero-order chi connectivity index (χ0) is 15.1. The van der Waals surface area contributed by atoms with Gasteiger partial charge in [-0.3, -0.25) is 14.6 Å². The minimum atomic E-state index is 0.302. The van der Waals surface area contributed by atoms with Gasteiger partial charge in [-0.1, -0.05) is 12.8 Å². The SMILES string of the molecule is CCN(CC)C(=O)CN1CCCC(N2CCCCCC2)C1. The van der Waals surface area contributed by atoms with Gasteiger partial charge in [0, 0.05) is 25.7 Å². The summed E-state index contributed by atoms with van der Waals surface area (Å²) in [4.78, 5) is 19.3. The van der Waals surface area contributed by atoms with Gasteiger partial charge in [0.2, 0.25) is 5.91 Å². The third-order valence-corrected chi connectivity index (χ3v) is 5.11. The van der Waals surface area contributed by atoms with Crippen LogP contribution in [0.2, 0.25) is 0 Å². The molecule has 0 aliphatic carbocycles. The smallest absolute Gasteiger partial charge is 0.236 e. The fraction of sp³-hybridized carbons (Fsp3) is 0.941. The van der Waals surface area contributed by atoms with Crippen molar-refractivity contribution in [3.05, 3.63) is 0 Å². The van der Waals surface area contributed by atoms with E-state index >= 15 is 0 Å². The van der Waals surface area contributed by atoms with Gasteiger partial charge in [-0.25, -0.2) is 0 Å². The second-order valence-corrected chi connectivity index (χ2v) is 6.55. The molecule has 21 heavy (non-hydrogen) atoms. The van der Waals surface area contributed by atoms with Crippen LogP contribution in [-0.2, 0) is 4.79 Å². The van der Waals surface area contributed by atoms with E-state index in [9.17, 15) is 4.79 Å². The van der Waals surface area contributed by atoms with E-state index in [1.54, 1.807) is 0 Å². The Balaban J connectivity index is 1.83. The number of carbonyl (C=O) groups is 1. The van der Waals surface area contributed by atoms with Crippen LogP contribution in [0.25, 0.3) is 0 Å². The van der Waals surface area contributed by atoms with E-state index in [1.807, 2.05) is 4.90 Å². The van der Waals surface area contributed by atoms with E-state index in [1.165, 1.54) is 51.6 Å². The highest BCUT2D eigenvalue weighted by Crippen LogP contribution is 2.20. The predicted molar refractivity (Wildman–Crippen MR) is 87.4 cm³/mol. The summed E-state index contributed by atoms with van der Waals surface area (Å²) in [6.45, 7) is 11.1. The molecule has 0 N–H and O–H groups in total. The van der Waals surface area contributed by atoms with E-state index in [0.29, 0.717) is 18.5 Å². The molecule has 2 aliphatic rings. The Morgan fingerprint density at radius 3 is 2.29 bits per heavy atom. The average molecular weight is 295 g/mol. The minimum Gasteiger partial charge on any atom is -0.342 e. The van der Waals surface area contributed by atoms with E-state index < -0.39 is 0 Å². The van der Waals surface area contributed by atoms with E-state index in [2.05, 4.69) is 23.6 Å². The molecule has 0 bridgehead atoms. The molecule has 1 atom stereocenters. The average Bonchev–Trinajstić information content (AvgIpc) is 2.78. The number of hydrogen-bond donors (Lipinski definition) is 0. The fourth-order valence-corrected chi connectivity index (χ4v) is 3.80. The lowest BCUT2D eigenvalue weighted by Crippen LogP contribution is -2.51. The molecular weight excluding hydrogens is 262 g/mol. The lowest BCUT2D eigenvalue weighted by molar-refractivity contribution is -0.132. The first-order valence-corrected chi connectivity index (χ1v) is 8.98. The van der Waals surface area contributed by atoms with Crippen LogP contribution in [0.3, 0.4) is 0 Å². The zero-order valence-corrected chi connectivity index (χ0v) is 14.0. The molecule has 0 aromatic carbocycles. The van der Waals surface area contributed by atoms with Crippen LogP contribution < -0.4 is 0 Å². The lowest BCUT2D eigenvalue weighted by Gasteiger charge is -2.39. The molecule has 2 saturated heterocycles. The van der Waals surface area contributed by atoms with Gasteiger partial charge in [-0.05, 0) is 59.2 Å². The molecule has 0 radical (unpaired) electrons. The zero-order valence-electron chi connectivity index (χ0n) is 14.0. The lowest BCUT2D eigenvalue weighted by atomic mass is 10.0. The Bertz CT molecular complexity index is 309. The summed E-state index contributed by atoms with van der Waals surface area (Å²) < 4.78 is 0. The standard InChI is InChI=1S/C17H33N3O/c1-3-19(4-2)17(21)15-18-11-9-10-16(14-18)20-12-7-5-6-8-13-20/h16H,3-15H2,1-2H3. The van der Waals surface area contributed by atoms with Crippen LogP contribution in [0.15, 0.2) is 0 Å². The Hall–Kier alpha value is -0.610. The van der Waals surface area contributed by atoms with Crippen molar-refractivity contribution in [2.45, 2.75) is 58.4 Å². The summed E-state index contributed by atoms with van der Waals surface area (Å²) in [5.41, 5.74) is 0. The second-order valence-electron chi connectivity index (χ2n) is 6.55. The van der Waals surface area contributed by atoms with E-state index in [-0.39, 0.29) is 0 Å². The summed E-state index contributed by atoms with van der Waals surface area (Å²) in [6, 6.07) is 0.682. The number of amides is 1. The van der Waals surface area contributed by atoms with Crippen LogP contribution in [0.5, 0.6) is 0 Å². The molecule has 2 rings (SSSR count).